The second-order valence-corrected chi connectivity index (χ2v) is 7.10. The van der Waals surface area contributed by atoms with E-state index in [1.54, 1.807) is 36.1 Å². The summed E-state index contributed by atoms with van der Waals surface area (Å²) in [6.07, 6.45) is 3.34. The lowest BCUT2D eigenvalue weighted by Crippen LogP contribution is -2.39. The van der Waals surface area contributed by atoms with E-state index in [1.165, 1.54) is 30.3 Å². The lowest BCUT2D eigenvalue weighted by atomic mass is 10.1. The van der Waals surface area contributed by atoms with E-state index in [9.17, 15) is 14.0 Å². The van der Waals surface area contributed by atoms with Crippen LogP contribution < -0.4 is 10.6 Å². The Morgan fingerprint density at radius 1 is 1.17 bits per heavy atom. The zero-order valence-corrected chi connectivity index (χ0v) is 16.8. The molecule has 2 aromatic carbocycles. The van der Waals surface area contributed by atoms with E-state index in [-0.39, 0.29) is 22.9 Å². The fourth-order valence-electron chi connectivity index (χ4n) is 2.75. The van der Waals surface area contributed by atoms with Gasteiger partial charge in [0.2, 0.25) is 5.91 Å². The van der Waals surface area contributed by atoms with Gasteiger partial charge in [0.05, 0.1) is 17.1 Å². The summed E-state index contributed by atoms with van der Waals surface area (Å²) in [6.45, 7) is -0.278. The topological polar surface area (TPSA) is 76.0 Å². The quantitative estimate of drug-likeness (QED) is 0.623. The Morgan fingerprint density at radius 2 is 1.90 bits per heavy atom. The fourth-order valence-corrected chi connectivity index (χ4v) is 3.24. The van der Waals surface area contributed by atoms with Crippen LogP contribution >= 0.6 is 23.2 Å². The lowest BCUT2D eigenvalue weighted by molar-refractivity contribution is -0.120. The first-order chi connectivity index (χ1) is 13.8. The number of nitrogens with one attached hydrogen (secondary N) is 2. The summed E-state index contributed by atoms with van der Waals surface area (Å²) in [4.78, 5) is 29.0. The lowest BCUT2D eigenvalue weighted by Gasteiger charge is -2.19. The molecule has 9 heteroatoms. The van der Waals surface area contributed by atoms with Gasteiger partial charge < -0.3 is 15.2 Å². The maximum atomic E-state index is 13.3. The number of imidazole rings is 1. The molecule has 0 aliphatic carbocycles. The molecule has 1 atom stereocenters. The van der Waals surface area contributed by atoms with E-state index >= 15 is 0 Å². The van der Waals surface area contributed by atoms with E-state index in [0.29, 0.717) is 16.4 Å². The number of aryl methyl sites for hydroxylation is 1. The number of hydrogen-bond acceptors (Lipinski definition) is 3. The molecular weight excluding hydrogens is 418 g/mol. The van der Waals surface area contributed by atoms with Gasteiger partial charge in [-0.25, -0.2) is 9.37 Å². The molecule has 2 N–H and O–H groups in total. The first-order valence-electron chi connectivity index (χ1n) is 8.60. The minimum atomic E-state index is -0.612. The monoisotopic (exact) mass is 434 g/mol. The number of amides is 2. The van der Waals surface area contributed by atoms with E-state index in [1.807, 2.05) is 0 Å². The molecule has 6 nitrogen and oxygen atoms in total. The van der Waals surface area contributed by atoms with Gasteiger partial charge >= 0.3 is 0 Å². The van der Waals surface area contributed by atoms with Crippen LogP contribution in [0, 0.1) is 5.82 Å². The summed E-state index contributed by atoms with van der Waals surface area (Å²) in [5.74, 6) is -0.763. The second-order valence-electron chi connectivity index (χ2n) is 6.26. The Bertz CT molecular complexity index is 1040. The molecule has 0 saturated heterocycles. The van der Waals surface area contributed by atoms with Crippen molar-refractivity contribution in [3.8, 4) is 0 Å². The van der Waals surface area contributed by atoms with Crippen LogP contribution in [0.25, 0.3) is 0 Å². The van der Waals surface area contributed by atoms with Crippen molar-refractivity contribution in [3.05, 3.63) is 87.7 Å². The Kier molecular flexibility index (Phi) is 6.51. The summed E-state index contributed by atoms with van der Waals surface area (Å²) < 4.78 is 15.0. The molecule has 150 valence electrons. The predicted octanol–water partition coefficient (Wildman–Crippen LogP) is 3.50. The normalized spacial score (nSPS) is 11.7. The molecule has 0 fully saturated rings. The number of rotatable bonds is 6. The van der Waals surface area contributed by atoms with Gasteiger partial charge in [0.1, 0.15) is 17.7 Å². The van der Waals surface area contributed by atoms with Gasteiger partial charge in [0.15, 0.2) is 0 Å². The summed E-state index contributed by atoms with van der Waals surface area (Å²) in [7, 11) is 1.79. The van der Waals surface area contributed by atoms with Crippen molar-refractivity contribution in [1.29, 1.82) is 0 Å². The second kappa shape index (κ2) is 9.07. The van der Waals surface area contributed by atoms with Crippen LogP contribution in [0.1, 0.15) is 27.8 Å². The van der Waals surface area contributed by atoms with E-state index in [2.05, 4.69) is 15.6 Å². The molecule has 0 bridgehead atoms. The third-order valence-corrected chi connectivity index (χ3v) is 4.76. The van der Waals surface area contributed by atoms with Crippen molar-refractivity contribution < 1.29 is 14.0 Å². The molecule has 0 spiro atoms. The van der Waals surface area contributed by atoms with Gasteiger partial charge in [-0.15, -0.1) is 0 Å². The van der Waals surface area contributed by atoms with Crippen LogP contribution in [-0.4, -0.2) is 27.9 Å². The molecule has 0 unspecified atom stereocenters. The van der Waals surface area contributed by atoms with Crippen molar-refractivity contribution in [1.82, 2.24) is 20.2 Å². The molecule has 1 heterocycles. The van der Waals surface area contributed by atoms with Gasteiger partial charge in [-0.1, -0.05) is 35.3 Å². The number of carbonyl (C=O) groups is 2. The van der Waals surface area contributed by atoms with Crippen LogP contribution in [0.5, 0.6) is 0 Å². The smallest absolute Gasteiger partial charge is 0.253 e. The first kappa shape index (κ1) is 20.8. The third-order valence-electron chi connectivity index (χ3n) is 4.21. The van der Waals surface area contributed by atoms with Crippen molar-refractivity contribution in [2.45, 2.75) is 6.04 Å². The van der Waals surface area contributed by atoms with Crippen molar-refractivity contribution in [3.63, 3.8) is 0 Å². The Hall–Kier alpha value is -2.90. The van der Waals surface area contributed by atoms with Crippen LogP contribution in [0.3, 0.4) is 0 Å². The third kappa shape index (κ3) is 5.13. The molecular formula is C20H17Cl2FN4O2. The van der Waals surface area contributed by atoms with Crippen LogP contribution in [0.15, 0.2) is 54.9 Å². The van der Waals surface area contributed by atoms with Crippen molar-refractivity contribution in [2.75, 3.05) is 6.54 Å². The van der Waals surface area contributed by atoms with Gasteiger partial charge in [-0.05, 0) is 35.9 Å². The molecule has 0 radical (unpaired) electrons. The standard InChI is InChI=1S/C20H17Cl2FN4O2/c1-27-9-8-24-19(27)18(12-2-5-14(23)6-3-12)26-17(28)11-25-20(29)15-7-4-13(21)10-16(15)22/h2-10,18H,11H2,1H3,(H,25,29)(H,26,28)/t18-/m1/s1. The van der Waals surface area contributed by atoms with Crippen LogP contribution in [0.2, 0.25) is 10.0 Å². The summed E-state index contributed by atoms with van der Waals surface area (Å²) >= 11 is 11.8. The van der Waals surface area contributed by atoms with Crippen molar-refractivity contribution >= 4 is 35.0 Å². The number of carbonyl (C=O) groups excluding carboxylic acids is 2. The van der Waals surface area contributed by atoms with E-state index < -0.39 is 17.9 Å². The zero-order valence-electron chi connectivity index (χ0n) is 15.3. The maximum absolute atomic E-state index is 13.3. The van der Waals surface area contributed by atoms with Gasteiger partial charge in [0, 0.05) is 24.5 Å². The highest BCUT2D eigenvalue weighted by Crippen LogP contribution is 2.22. The number of halogens is 3. The van der Waals surface area contributed by atoms with Gasteiger partial charge in [-0.3, -0.25) is 9.59 Å². The molecule has 29 heavy (non-hydrogen) atoms. The van der Waals surface area contributed by atoms with Crippen LogP contribution in [-0.2, 0) is 11.8 Å². The highest BCUT2D eigenvalue weighted by atomic mass is 35.5. The maximum Gasteiger partial charge on any atom is 0.253 e. The number of aromatic nitrogens is 2. The highest BCUT2D eigenvalue weighted by molar-refractivity contribution is 6.36. The van der Waals surface area contributed by atoms with E-state index in [0.717, 1.165) is 0 Å². The predicted molar refractivity (Wildman–Crippen MR) is 108 cm³/mol. The Morgan fingerprint density at radius 3 is 2.52 bits per heavy atom. The van der Waals surface area contributed by atoms with Crippen molar-refractivity contribution in [2.24, 2.45) is 7.05 Å². The average molecular weight is 435 g/mol. The largest absolute Gasteiger partial charge is 0.343 e. The minimum Gasteiger partial charge on any atom is -0.343 e. The minimum absolute atomic E-state index is 0.188. The molecule has 0 saturated carbocycles. The molecule has 1 aromatic heterocycles. The van der Waals surface area contributed by atoms with Crippen LogP contribution in [0.4, 0.5) is 4.39 Å². The molecule has 0 aliphatic rings. The fraction of sp³-hybridized carbons (Fsp3) is 0.150. The molecule has 3 aromatic rings. The summed E-state index contributed by atoms with van der Waals surface area (Å²) in [5.41, 5.74) is 0.865. The summed E-state index contributed by atoms with van der Waals surface area (Å²) in [6, 6.07) is 9.61. The van der Waals surface area contributed by atoms with Gasteiger partial charge in [0.25, 0.3) is 5.91 Å². The Balaban J connectivity index is 1.71. The first-order valence-corrected chi connectivity index (χ1v) is 9.36. The Labute approximate surface area is 176 Å². The average Bonchev–Trinajstić information content (AvgIpc) is 3.10. The highest BCUT2D eigenvalue weighted by Gasteiger charge is 2.21. The molecule has 2 amide bonds. The van der Waals surface area contributed by atoms with Gasteiger partial charge in [-0.2, -0.15) is 0 Å². The van der Waals surface area contributed by atoms with E-state index in [4.69, 9.17) is 23.2 Å². The number of hydrogen-bond donors (Lipinski definition) is 2. The number of nitrogens with zero attached hydrogens (tertiary/aromatic N) is 2. The number of benzene rings is 2. The zero-order chi connectivity index (χ0) is 21.0. The molecule has 3 rings (SSSR count). The SMILES string of the molecule is Cn1ccnc1[C@H](NC(=O)CNC(=O)c1ccc(Cl)cc1Cl)c1ccc(F)cc1. The molecule has 0 aliphatic heterocycles. The summed E-state index contributed by atoms with van der Waals surface area (Å²) in [5, 5.41) is 5.92.